The highest BCUT2D eigenvalue weighted by molar-refractivity contribution is 6.01. The molecule has 1 N–H and O–H groups in total. The fourth-order valence-electron chi connectivity index (χ4n) is 3.26. The zero-order chi connectivity index (χ0) is 22.4. The molecule has 1 saturated heterocycles. The number of benzene rings is 2. The van der Waals surface area contributed by atoms with Crippen LogP contribution in [0.5, 0.6) is 17.2 Å². The fraction of sp³-hybridized carbons (Fsp3) is 0.318. The topological polar surface area (TPSA) is 103 Å². The lowest BCUT2D eigenvalue weighted by Crippen LogP contribution is -2.28. The molecule has 2 amide bonds. The van der Waals surface area contributed by atoms with Gasteiger partial charge in [-0.1, -0.05) is 6.07 Å². The molecule has 1 atom stereocenters. The van der Waals surface area contributed by atoms with Crippen molar-refractivity contribution in [2.24, 2.45) is 5.92 Å². The highest BCUT2D eigenvalue weighted by Crippen LogP contribution is 2.36. The fourth-order valence-corrected chi connectivity index (χ4v) is 3.26. The van der Waals surface area contributed by atoms with Gasteiger partial charge in [0.2, 0.25) is 5.91 Å². The number of nitrogens with zero attached hydrogens (tertiary/aromatic N) is 1. The van der Waals surface area contributed by atoms with E-state index in [2.05, 4.69) is 5.32 Å². The second-order valence-corrected chi connectivity index (χ2v) is 6.83. The third-order valence-electron chi connectivity index (χ3n) is 4.84. The van der Waals surface area contributed by atoms with Crippen molar-refractivity contribution >= 4 is 29.2 Å². The predicted octanol–water partition coefficient (Wildman–Crippen LogP) is 2.25. The molecule has 0 radical (unpaired) electrons. The first-order valence-corrected chi connectivity index (χ1v) is 9.58. The SMILES string of the molecule is COc1cccc(NC(=O)COC(=O)[C@@H]2CC(=O)N(c3ccc(OC)cc3OC)C2)c1. The van der Waals surface area contributed by atoms with E-state index in [0.717, 1.165) is 0 Å². The maximum Gasteiger partial charge on any atom is 0.311 e. The number of anilines is 2. The molecule has 9 nitrogen and oxygen atoms in total. The van der Waals surface area contributed by atoms with E-state index in [0.29, 0.717) is 28.6 Å². The molecule has 1 aliphatic rings. The average molecular weight is 428 g/mol. The Morgan fingerprint density at radius 2 is 1.77 bits per heavy atom. The number of carbonyl (C=O) groups is 3. The maximum absolute atomic E-state index is 12.5. The second kappa shape index (κ2) is 9.84. The van der Waals surface area contributed by atoms with E-state index in [9.17, 15) is 14.4 Å². The van der Waals surface area contributed by atoms with E-state index in [1.807, 2.05) is 0 Å². The van der Waals surface area contributed by atoms with Gasteiger partial charge in [-0.15, -0.1) is 0 Å². The van der Waals surface area contributed by atoms with Crippen LogP contribution in [-0.4, -0.2) is 52.3 Å². The van der Waals surface area contributed by atoms with Crippen molar-refractivity contribution in [3.05, 3.63) is 42.5 Å². The summed E-state index contributed by atoms with van der Waals surface area (Å²) in [6, 6.07) is 11.9. The van der Waals surface area contributed by atoms with Gasteiger partial charge in [-0.25, -0.2) is 0 Å². The number of ether oxygens (including phenoxy) is 4. The Bertz CT molecular complexity index is 976. The van der Waals surface area contributed by atoms with Crippen LogP contribution in [0.1, 0.15) is 6.42 Å². The summed E-state index contributed by atoms with van der Waals surface area (Å²) in [5, 5.41) is 2.63. The molecule has 0 bridgehead atoms. The molecule has 0 aliphatic carbocycles. The average Bonchev–Trinajstić information content (AvgIpc) is 3.18. The molecule has 1 heterocycles. The van der Waals surface area contributed by atoms with E-state index >= 15 is 0 Å². The third kappa shape index (κ3) is 5.25. The summed E-state index contributed by atoms with van der Waals surface area (Å²) >= 11 is 0. The molecule has 3 rings (SSSR count). The highest BCUT2D eigenvalue weighted by Gasteiger charge is 2.37. The van der Waals surface area contributed by atoms with Gasteiger partial charge in [0, 0.05) is 30.8 Å². The molecule has 2 aromatic rings. The van der Waals surface area contributed by atoms with E-state index in [1.54, 1.807) is 42.5 Å². The van der Waals surface area contributed by atoms with Gasteiger partial charge in [-0.2, -0.15) is 0 Å². The van der Waals surface area contributed by atoms with Crippen molar-refractivity contribution in [2.45, 2.75) is 6.42 Å². The van der Waals surface area contributed by atoms with Gasteiger partial charge in [-0.05, 0) is 24.3 Å². The summed E-state index contributed by atoms with van der Waals surface area (Å²) in [4.78, 5) is 38.5. The molecule has 0 saturated carbocycles. The lowest BCUT2D eigenvalue weighted by Gasteiger charge is -2.20. The van der Waals surface area contributed by atoms with Crippen LogP contribution in [0, 0.1) is 5.92 Å². The first kappa shape index (κ1) is 21.9. The largest absolute Gasteiger partial charge is 0.497 e. The van der Waals surface area contributed by atoms with Gasteiger partial charge < -0.3 is 29.2 Å². The van der Waals surface area contributed by atoms with Crippen LogP contribution >= 0.6 is 0 Å². The van der Waals surface area contributed by atoms with Crippen LogP contribution in [0.3, 0.4) is 0 Å². The zero-order valence-electron chi connectivity index (χ0n) is 17.5. The number of amides is 2. The minimum atomic E-state index is -0.677. The Morgan fingerprint density at radius 1 is 1.03 bits per heavy atom. The molecular weight excluding hydrogens is 404 g/mol. The third-order valence-corrected chi connectivity index (χ3v) is 4.84. The minimum Gasteiger partial charge on any atom is -0.497 e. The summed E-state index contributed by atoms with van der Waals surface area (Å²) in [6.45, 7) is -0.315. The highest BCUT2D eigenvalue weighted by atomic mass is 16.5. The van der Waals surface area contributed by atoms with Gasteiger partial charge >= 0.3 is 5.97 Å². The van der Waals surface area contributed by atoms with E-state index in [4.69, 9.17) is 18.9 Å². The molecule has 9 heteroatoms. The van der Waals surface area contributed by atoms with Gasteiger partial charge in [0.25, 0.3) is 5.91 Å². The lowest BCUT2D eigenvalue weighted by atomic mass is 10.1. The van der Waals surface area contributed by atoms with Gasteiger partial charge in [0.15, 0.2) is 6.61 Å². The van der Waals surface area contributed by atoms with Crippen LogP contribution in [0.2, 0.25) is 0 Å². The summed E-state index contributed by atoms with van der Waals surface area (Å²) in [5.41, 5.74) is 1.06. The Morgan fingerprint density at radius 3 is 2.48 bits per heavy atom. The van der Waals surface area contributed by atoms with Crippen LogP contribution in [-0.2, 0) is 19.1 Å². The summed E-state index contributed by atoms with van der Waals surface area (Å²) in [7, 11) is 4.55. The number of carbonyl (C=O) groups excluding carboxylic acids is 3. The summed E-state index contributed by atoms with van der Waals surface area (Å²) < 4.78 is 20.7. The van der Waals surface area contributed by atoms with Gasteiger partial charge in [0.05, 0.1) is 32.9 Å². The Hall–Kier alpha value is -3.75. The molecule has 0 aromatic heterocycles. The first-order valence-electron chi connectivity index (χ1n) is 9.58. The first-order chi connectivity index (χ1) is 14.9. The van der Waals surface area contributed by atoms with Crippen molar-refractivity contribution in [1.29, 1.82) is 0 Å². The monoisotopic (exact) mass is 428 g/mol. The van der Waals surface area contributed by atoms with Crippen LogP contribution in [0.15, 0.2) is 42.5 Å². The number of hydrogen-bond acceptors (Lipinski definition) is 7. The molecule has 31 heavy (non-hydrogen) atoms. The molecular formula is C22H24N2O7. The molecule has 1 aliphatic heterocycles. The van der Waals surface area contributed by atoms with Crippen LogP contribution in [0.4, 0.5) is 11.4 Å². The van der Waals surface area contributed by atoms with E-state index in [1.165, 1.54) is 26.2 Å². The van der Waals surface area contributed by atoms with Crippen molar-refractivity contribution in [1.82, 2.24) is 0 Å². The summed E-state index contributed by atoms with van der Waals surface area (Å²) in [5.74, 6) is -0.364. The Kier molecular flexibility index (Phi) is 6.96. The van der Waals surface area contributed by atoms with Crippen LogP contribution < -0.4 is 24.4 Å². The predicted molar refractivity (Wildman–Crippen MR) is 113 cm³/mol. The van der Waals surface area contributed by atoms with Crippen LogP contribution in [0.25, 0.3) is 0 Å². The quantitative estimate of drug-likeness (QED) is 0.643. The van der Waals surface area contributed by atoms with Crippen molar-refractivity contribution in [2.75, 3.05) is 44.7 Å². The minimum absolute atomic E-state index is 0.00841. The number of methoxy groups -OCH3 is 3. The van der Waals surface area contributed by atoms with E-state index in [-0.39, 0.29) is 18.9 Å². The van der Waals surface area contributed by atoms with Gasteiger partial charge in [-0.3, -0.25) is 14.4 Å². The standard InChI is InChI=1S/C22H24N2O7/c1-28-16-6-4-5-15(10-16)23-20(25)13-31-22(27)14-9-21(26)24(12-14)18-8-7-17(29-2)11-19(18)30-3/h4-8,10-11,14H,9,12-13H2,1-3H3,(H,23,25)/t14-/m1/s1. The maximum atomic E-state index is 12.5. The number of rotatable bonds is 8. The smallest absolute Gasteiger partial charge is 0.311 e. The normalized spacial score (nSPS) is 15.4. The van der Waals surface area contributed by atoms with Crippen molar-refractivity contribution < 1.29 is 33.3 Å². The molecule has 1 fully saturated rings. The van der Waals surface area contributed by atoms with Crippen molar-refractivity contribution in [3.63, 3.8) is 0 Å². The molecule has 2 aromatic carbocycles. The number of nitrogens with one attached hydrogen (secondary N) is 1. The number of hydrogen-bond donors (Lipinski definition) is 1. The number of esters is 1. The lowest BCUT2D eigenvalue weighted by molar-refractivity contribution is -0.151. The molecule has 0 unspecified atom stereocenters. The summed E-state index contributed by atoms with van der Waals surface area (Å²) in [6.07, 6.45) is -0.00841. The zero-order valence-corrected chi connectivity index (χ0v) is 17.5. The Balaban J connectivity index is 1.57. The molecule has 0 spiro atoms. The van der Waals surface area contributed by atoms with Gasteiger partial charge in [0.1, 0.15) is 17.2 Å². The van der Waals surface area contributed by atoms with Crippen molar-refractivity contribution in [3.8, 4) is 17.2 Å². The Labute approximate surface area is 179 Å². The molecule has 164 valence electrons. The van der Waals surface area contributed by atoms with E-state index < -0.39 is 24.4 Å². The second-order valence-electron chi connectivity index (χ2n) is 6.83.